The molecule has 8 heteroatoms. The molecule has 1 aliphatic rings. The highest BCUT2D eigenvalue weighted by Gasteiger charge is 2.24. The van der Waals surface area contributed by atoms with Crippen LogP contribution in [-0.4, -0.2) is 22.9 Å². The maximum atomic E-state index is 13.1. The first kappa shape index (κ1) is 19.1. The number of nitrogens with one attached hydrogen (secondary N) is 2. The van der Waals surface area contributed by atoms with E-state index in [4.69, 9.17) is 4.74 Å². The Bertz CT molecular complexity index is 1100. The lowest BCUT2D eigenvalue weighted by Crippen LogP contribution is -2.34. The summed E-state index contributed by atoms with van der Waals surface area (Å²) in [4.78, 5) is 29.5. The first-order chi connectivity index (χ1) is 13.9. The second-order valence-electron chi connectivity index (χ2n) is 6.74. The van der Waals surface area contributed by atoms with E-state index in [-0.39, 0.29) is 17.6 Å². The van der Waals surface area contributed by atoms with Crippen molar-refractivity contribution in [3.63, 3.8) is 0 Å². The topological polar surface area (TPSA) is 80.3 Å². The molecule has 0 aliphatic carbocycles. The molecule has 1 atom stereocenters. The Morgan fingerprint density at radius 1 is 1.28 bits per heavy atom. The highest BCUT2D eigenvalue weighted by Crippen LogP contribution is 2.32. The van der Waals surface area contributed by atoms with Crippen molar-refractivity contribution in [1.29, 1.82) is 0 Å². The van der Waals surface area contributed by atoms with Gasteiger partial charge in [0.2, 0.25) is 0 Å². The molecule has 2 aromatic carbocycles. The van der Waals surface area contributed by atoms with Crippen molar-refractivity contribution < 1.29 is 18.7 Å². The van der Waals surface area contributed by atoms with E-state index in [1.165, 1.54) is 23.5 Å². The van der Waals surface area contributed by atoms with Crippen molar-refractivity contribution in [2.45, 2.75) is 26.4 Å². The van der Waals surface area contributed by atoms with Crippen molar-refractivity contribution in [3.8, 4) is 5.75 Å². The molecular weight excluding hydrogens is 393 g/mol. The van der Waals surface area contributed by atoms with Crippen LogP contribution in [0.1, 0.15) is 32.9 Å². The van der Waals surface area contributed by atoms with Gasteiger partial charge >= 0.3 is 0 Å². The number of carbonyl (C=O) groups excluding carboxylic acids is 2. The number of rotatable bonds is 4. The molecular formula is C21H18FN3O3S. The highest BCUT2D eigenvalue weighted by atomic mass is 32.1. The third-order valence-corrected chi connectivity index (χ3v) is 5.64. The third kappa shape index (κ3) is 4.12. The van der Waals surface area contributed by atoms with Crippen molar-refractivity contribution in [1.82, 2.24) is 4.98 Å². The fourth-order valence-electron chi connectivity index (χ4n) is 2.99. The number of fused-ring (bicyclic) bond motifs is 1. The molecule has 1 unspecified atom stereocenters. The molecule has 3 aromatic rings. The zero-order valence-corrected chi connectivity index (χ0v) is 16.6. The van der Waals surface area contributed by atoms with Gasteiger partial charge in [-0.3, -0.25) is 9.59 Å². The van der Waals surface area contributed by atoms with Crippen LogP contribution in [0.25, 0.3) is 0 Å². The lowest BCUT2D eigenvalue weighted by Gasteiger charge is -2.23. The molecule has 0 saturated heterocycles. The Morgan fingerprint density at radius 2 is 2.03 bits per heavy atom. The normalized spacial score (nSPS) is 15.3. The van der Waals surface area contributed by atoms with Gasteiger partial charge in [-0.2, -0.15) is 0 Å². The van der Waals surface area contributed by atoms with Crippen LogP contribution in [0.2, 0.25) is 0 Å². The quantitative estimate of drug-likeness (QED) is 0.676. The van der Waals surface area contributed by atoms with Gasteiger partial charge in [-0.1, -0.05) is 12.1 Å². The van der Waals surface area contributed by atoms with E-state index in [9.17, 15) is 14.0 Å². The van der Waals surface area contributed by atoms with Crippen LogP contribution in [0.5, 0.6) is 5.75 Å². The Hall–Kier alpha value is -3.26. The average molecular weight is 411 g/mol. The van der Waals surface area contributed by atoms with Crippen LogP contribution in [-0.2, 0) is 11.2 Å². The zero-order valence-electron chi connectivity index (χ0n) is 15.8. The summed E-state index contributed by atoms with van der Waals surface area (Å²) in [5.74, 6) is -0.234. The van der Waals surface area contributed by atoms with Gasteiger partial charge < -0.3 is 15.4 Å². The summed E-state index contributed by atoms with van der Waals surface area (Å²) in [7, 11) is 0. The summed E-state index contributed by atoms with van der Waals surface area (Å²) in [6.07, 6.45) is -0.0262. The number of benzene rings is 2. The zero-order chi connectivity index (χ0) is 20.5. The molecule has 2 N–H and O–H groups in total. The summed E-state index contributed by atoms with van der Waals surface area (Å²) in [5, 5.41) is 6.37. The number of aromatic nitrogens is 1. The van der Waals surface area contributed by atoms with Gasteiger partial charge in [0.1, 0.15) is 16.4 Å². The van der Waals surface area contributed by atoms with Crippen LogP contribution in [0.3, 0.4) is 0 Å². The Morgan fingerprint density at radius 3 is 2.79 bits per heavy atom. The number of aryl methyl sites for hydroxylation is 1. The van der Waals surface area contributed by atoms with Gasteiger partial charge in [0.25, 0.3) is 11.8 Å². The molecule has 0 bridgehead atoms. The van der Waals surface area contributed by atoms with E-state index in [0.717, 1.165) is 10.6 Å². The maximum Gasteiger partial charge on any atom is 0.267 e. The van der Waals surface area contributed by atoms with E-state index >= 15 is 0 Å². The standard InChI is InChI=1S/C21H18FN3O3S/c1-11-19(29-18(23-11)9-13-3-5-14(22)6-4-13)21(27)24-15-7-8-17-16(10-15)25-20(26)12(2)28-17/h3-8,10,12H,9H2,1-2H3,(H,24,27)(H,25,26). The lowest BCUT2D eigenvalue weighted by atomic mass is 10.1. The minimum atomic E-state index is -0.553. The molecule has 0 saturated carbocycles. The molecule has 0 radical (unpaired) electrons. The second-order valence-corrected chi connectivity index (χ2v) is 7.82. The fourth-order valence-corrected chi connectivity index (χ4v) is 3.98. The van der Waals surface area contributed by atoms with E-state index in [1.807, 2.05) is 0 Å². The van der Waals surface area contributed by atoms with Gasteiger partial charge in [0.05, 0.1) is 16.4 Å². The van der Waals surface area contributed by atoms with Crippen LogP contribution >= 0.6 is 11.3 Å². The molecule has 1 aromatic heterocycles. The maximum absolute atomic E-state index is 13.1. The lowest BCUT2D eigenvalue weighted by molar-refractivity contribution is -0.122. The van der Waals surface area contributed by atoms with Gasteiger partial charge in [0, 0.05) is 12.1 Å². The number of thiazole rings is 1. The molecule has 0 fully saturated rings. The fraction of sp³-hybridized carbons (Fsp3) is 0.190. The predicted octanol–water partition coefficient (Wildman–Crippen LogP) is 4.15. The average Bonchev–Trinajstić information content (AvgIpc) is 3.05. The predicted molar refractivity (Wildman–Crippen MR) is 109 cm³/mol. The van der Waals surface area contributed by atoms with Gasteiger partial charge in [0.15, 0.2) is 6.10 Å². The largest absolute Gasteiger partial charge is 0.479 e. The molecule has 1 aliphatic heterocycles. The first-order valence-electron chi connectivity index (χ1n) is 9.03. The minimum Gasteiger partial charge on any atom is -0.479 e. The minimum absolute atomic E-state index is 0.232. The van der Waals surface area contributed by atoms with Crippen LogP contribution < -0.4 is 15.4 Å². The Labute approximate surface area is 170 Å². The second kappa shape index (κ2) is 7.63. The SMILES string of the molecule is Cc1nc(Cc2ccc(F)cc2)sc1C(=O)Nc1ccc2c(c1)NC(=O)C(C)O2. The summed E-state index contributed by atoms with van der Waals surface area (Å²) in [5.41, 5.74) is 2.61. The number of hydrogen-bond acceptors (Lipinski definition) is 5. The van der Waals surface area contributed by atoms with E-state index in [2.05, 4.69) is 15.6 Å². The van der Waals surface area contributed by atoms with Crippen molar-refractivity contribution in [2.75, 3.05) is 10.6 Å². The van der Waals surface area contributed by atoms with Gasteiger partial charge in [-0.25, -0.2) is 9.37 Å². The first-order valence-corrected chi connectivity index (χ1v) is 9.84. The summed E-state index contributed by atoms with van der Waals surface area (Å²) in [6.45, 7) is 3.45. The highest BCUT2D eigenvalue weighted by molar-refractivity contribution is 7.14. The monoisotopic (exact) mass is 411 g/mol. The summed E-state index contributed by atoms with van der Waals surface area (Å²) >= 11 is 1.30. The number of anilines is 2. The number of amides is 2. The smallest absolute Gasteiger partial charge is 0.267 e. The molecule has 6 nitrogen and oxygen atoms in total. The molecule has 4 rings (SSSR count). The molecule has 2 amide bonds. The van der Waals surface area contributed by atoms with Crippen molar-refractivity contribution in [3.05, 3.63) is 69.4 Å². The van der Waals surface area contributed by atoms with E-state index < -0.39 is 6.10 Å². The number of nitrogens with zero attached hydrogens (tertiary/aromatic N) is 1. The number of hydrogen-bond donors (Lipinski definition) is 2. The summed E-state index contributed by atoms with van der Waals surface area (Å²) in [6, 6.07) is 11.3. The Kier molecular flexibility index (Phi) is 5.02. The van der Waals surface area contributed by atoms with Gasteiger partial charge in [-0.05, 0) is 49.7 Å². The number of halogens is 1. The van der Waals surface area contributed by atoms with E-state index in [1.54, 1.807) is 44.2 Å². The number of carbonyl (C=O) groups is 2. The molecule has 29 heavy (non-hydrogen) atoms. The van der Waals surface area contributed by atoms with Crippen LogP contribution in [0.15, 0.2) is 42.5 Å². The summed E-state index contributed by atoms with van der Waals surface area (Å²) < 4.78 is 18.6. The Balaban J connectivity index is 1.49. The molecule has 148 valence electrons. The molecule has 0 spiro atoms. The van der Waals surface area contributed by atoms with Crippen LogP contribution in [0, 0.1) is 12.7 Å². The number of ether oxygens (including phenoxy) is 1. The van der Waals surface area contributed by atoms with Crippen molar-refractivity contribution >= 4 is 34.5 Å². The molecule has 2 heterocycles. The van der Waals surface area contributed by atoms with Gasteiger partial charge in [-0.15, -0.1) is 11.3 Å². The van der Waals surface area contributed by atoms with E-state index in [0.29, 0.717) is 34.1 Å². The van der Waals surface area contributed by atoms with Crippen molar-refractivity contribution in [2.24, 2.45) is 0 Å². The third-order valence-electron chi connectivity index (χ3n) is 4.48. The van der Waals surface area contributed by atoms with Crippen LogP contribution in [0.4, 0.5) is 15.8 Å².